The van der Waals surface area contributed by atoms with Crippen molar-refractivity contribution in [1.82, 2.24) is 20.0 Å². The normalized spacial score (nSPS) is 10.3. The van der Waals surface area contributed by atoms with Crippen LogP contribution in [-0.4, -0.2) is 86.8 Å². The van der Waals surface area contributed by atoms with E-state index in [1.807, 2.05) is 6.92 Å². The maximum absolute atomic E-state index is 11.9. The van der Waals surface area contributed by atoms with Crippen LogP contribution in [0.15, 0.2) is 0 Å². The summed E-state index contributed by atoms with van der Waals surface area (Å²) in [5.74, 6) is -0.427. The van der Waals surface area contributed by atoms with Crippen LogP contribution >= 0.6 is 0 Å². The zero-order valence-electron chi connectivity index (χ0n) is 13.1. The van der Waals surface area contributed by atoms with Crippen molar-refractivity contribution >= 4 is 17.7 Å². The second-order valence-electron chi connectivity index (χ2n) is 5.06. The van der Waals surface area contributed by atoms with E-state index in [0.717, 1.165) is 6.42 Å². The van der Waals surface area contributed by atoms with E-state index in [9.17, 15) is 14.4 Å². The summed E-state index contributed by atoms with van der Waals surface area (Å²) < 4.78 is 0. The molecule has 116 valence electrons. The Morgan fingerprint density at radius 3 is 1.95 bits per heavy atom. The molecule has 0 aliphatic rings. The molecule has 1 N–H and O–H groups in total. The molecule has 7 heteroatoms. The Hall–Kier alpha value is -1.63. The monoisotopic (exact) mass is 286 g/mol. The molecule has 0 bridgehead atoms. The van der Waals surface area contributed by atoms with Crippen LogP contribution in [0.1, 0.15) is 13.3 Å². The van der Waals surface area contributed by atoms with E-state index in [-0.39, 0.29) is 37.4 Å². The van der Waals surface area contributed by atoms with Crippen LogP contribution in [0.25, 0.3) is 0 Å². The van der Waals surface area contributed by atoms with Gasteiger partial charge in [0, 0.05) is 27.7 Å². The Morgan fingerprint density at radius 2 is 1.45 bits per heavy atom. The fraction of sp³-hybridized carbons (Fsp3) is 0.769. The van der Waals surface area contributed by atoms with Crippen molar-refractivity contribution in [3.05, 3.63) is 0 Å². The lowest BCUT2D eigenvalue weighted by atomic mass is 10.4. The Labute approximate surface area is 120 Å². The lowest BCUT2D eigenvalue weighted by molar-refractivity contribution is -0.136. The fourth-order valence-corrected chi connectivity index (χ4v) is 1.40. The maximum atomic E-state index is 11.9. The van der Waals surface area contributed by atoms with Crippen molar-refractivity contribution in [2.45, 2.75) is 13.3 Å². The third-order valence-corrected chi connectivity index (χ3v) is 2.69. The molecule has 0 radical (unpaired) electrons. The number of rotatable bonds is 8. The Morgan fingerprint density at radius 1 is 0.900 bits per heavy atom. The quantitative estimate of drug-likeness (QED) is 0.620. The minimum atomic E-state index is -0.189. The van der Waals surface area contributed by atoms with E-state index in [1.165, 1.54) is 9.80 Å². The standard InChI is InChI=1S/C13H26N4O3/c1-6-7-14-11(18)8-17(5)13(20)10-16(4)9-12(19)15(2)3/h6-10H2,1-5H3,(H,14,18). The number of nitrogens with one attached hydrogen (secondary N) is 1. The van der Waals surface area contributed by atoms with E-state index in [2.05, 4.69) is 5.32 Å². The van der Waals surface area contributed by atoms with E-state index >= 15 is 0 Å². The first-order valence-electron chi connectivity index (χ1n) is 6.67. The number of carbonyl (C=O) groups is 3. The highest BCUT2D eigenvalue weighted by Gasteiger charge is 2.16. The molecule has 0 saturated heterocycles. The molecule has 0 aliphatic carbocycles. The van der Waals surface area contributed by atoms with Crippen LogP contribution < -0.4 is 5.32 Å². The molecular weight excluding hydrogens is 260 g/mol. The van der Waals surface area contributed by atoms with Gasteiger partial charge in [-0.2, -0.15) is 0 Å². The summed E-state index contributed by atoms with van der Waals surface area (Å²) in [5.41, 5.74) is 0. The lowest BCUT2D eigenvalue weighted by Gasteiger charge is -2.22. The van der Waals surface area contributed by atoms with Gasteiger partial charge in [0.15, 0.2) is 0 Å². The van der Waals surface area contributed by atoms with Crippen LogP contribution in [0, 0.1) is 0 Å². The SMILES string of the molecule is CCCNC(=O)CN(C)C(=O)CN(C)CC(=O)N(C)C. The van der Waals surface area contributed by atoms with Gasteiger partial charge in [-0.25, -0.2) is 0 Å². The number of hydrogen-bond donors (Lipinski definition) is 1. The molecule has 0 saturated carbocycles. The average Bonchev–Trinajstić information content (AvgIpc) is 2.35. The predicted octanol–water partition coefficient (Wildman–Crippen LogP) is -1.01. The van der Waals surface area contributed by atoms with E-state index in [1.54, 1.807) is 33.1 Å². The van der Waals surface area contributed by atoms with Crippen molar-refractivity contribution in [1.29, 1.82) is 0 Å². The molecule has 3 amide bonds. The zero-order chi connectivity index (χ0) is 15.7. The number of carbonyl (C=O) groups excluding carboxylic acids is 3. The minimum absolute atomic E-state index is 0.0360. The Kier molecular flexibility index (Phi) is 8.54. The Bertz CT molecular complexity index is 345. The van der Waals surface area contributed by atoms with Gasteiger partial charge in [-0.3, -0.25) is 19.3 Å². The Balaban J connectivity index is 4.12. The van der Waals surface area contributed by atoms with Crippen LogP contribution in [0.4, 0.5) is 0 Å². The van der Waals surface area contributed by atoms with Gasteiger partial charge < -0.3 is 15.1 Å². The first kappa shape index (κ1) is 18.4. The van der Waals surface area contributed by atoms with Gasteiger partial charge in [-0.05, 0) is 13.5 Å². The van der Waals surface area contributed by atoms with E-state index in [0.29, 0.717) is 6.54 Å². The summed E-state index contributed by atoms with van der Waals surface area (Å²) in [6.07, 6.45) is 0.860. The number of hydrogen-bond acceptors (Lipinski definition) is 4. The summed E-state index contributed by atoms with van der Waals surface area (Å²) in [4.78, 5) is 39.3. The second-order valence-corrected chi connectivity index (χ2v) is 5.06. The first-order chi connectivity index (χ1) is 9.27. The summed E-state index contributed by atoms with van der Waals surface area (Å²) in [6, 6.07) is 0. The van der Waals surface area contributed by atoms with Crippen molar-refractivity contribution in [2.75, 3.05) is 54.4 Å². The molecule has 0 fully saturated rings. The van der Waals surface area contributed by atoms with Crippen molar-refractivity contribution in [3.63, 3.8) is 0 Å². The molecule has 0 aromatic rings. The topological polar surface area (TPSA) is 73.0 Å². The lowest BCUT2D eigenvalue weighted by Crippen LogP contribution is -2.44. The number of likely N-dealkylation sites (N-methyl/N-ethyl adjacent to an activating group) is 3. The van der Waals surface area contributed by atoms with Gasteiger partial charge in [0.25, 0.3) is 0 Å². The highest BCUT2D eigenvalue weighted by Crippen LogP contribution is 1.91. The maximum Gasteiger partial charge on any atom is 0.239 e. The van der Waals surface area contributed by atoms with Gasteiger partial charge in [0.1, 0.15) is 0 Å². The van der Waals surface area contributed by atoms with Gasteiger partial charge in [-0.1, -0.05) is 6.92 Å². The molecule has 0 unspecified atom stereocenters. The number of nitrogens with zero attached hydrogens (tertiary/aromatic N) is 3. The van der Waals surface area contributed by atoms with Gasteiger partial charge >= 0.3 is 0 Å². The average molecular weight is 286 g/mol. The second kappa shape index (κ2) is 9.30. The van der Waals surface area contributed by atoms with Crippen molar-refractivity contribution < 1.29 is 14.4 Å². The summed E-state index contributed by atoms with van der Waals surface area (Å²) in [7, 11) is 6.62. The summed E-state index contributed by atoms with van der Waals surface area (Å²) >= 11 is 0. The third-order valence-electron chi connectivity index (χ3n) is 2.69. The smallest absolute Gasteiger partial charge is 0.239 e. The molecule has 0 aliphatic heterocycles. The highest BCUT2D eigenvalue weighted by atomic mass is 16.2. The van der Waals surface area contributed by atoms with Gasteiger partial charge in [0.05, 0.1) is 19.6 Å². The largest absolute Gasteiger partial charge is 0.355 e. The molecular formula is C13H26N4O3. The fourth-order valence-electron chi connectivity index (χ4n) is 1.40. The molecule has 0 heterocycles. The molecule has 0 aromatic carbocycles. The highest BCUT2D eigenvalue weighted by molar-refractivity contribution is 5.86. The predicted molar refractivity (Wildman–Crippen MR) is 77.1 cm³/mol. The molecule has 0 aromatic heterocycles. The minimum Gasteiger partial charge on any atom is -0.355 e. The molecule has 20 heavy (non-hydrogen) atoms. The molecule has 0 spiro atoms. The molecule has 7 nitrogen and oxygen atoms in total. The van der Waals surface area contributed by atoms with Gasteiger partial charge in [-0.15, -0.1) is 0 Å². The molecule has 0 rings (SSSR count). The van der Waals surface area contributed by atoms with Crippen LogP contribution in [0.5, 0.6) is 0 Å². The van der Waals surface area contributed by atoms with Crippen LogP contribution in [0.2, 0.25) is 0 Å². The van der Waals surface area contributed by atoms with Crippen molar-refractivity contribution in [3.8, 4) is 0 Å². The van der Waals surface area contributed by atoms with Gasteiger partial charge in [0.2, 0.25) is 17.7 Å². The first-order valence-corrected chi connectivity index (χ1v) is 6.67. The third kappa shape index (κ3) is 7.73. The van der Waals surface area contributed by atoms with Crippen LogP contribution in [0.3, 0.4) is 0 Å². The van der Waals surface area contributed by atoms with Crippen LogP contribution in [-0.2, 0) is 14.4 Å². The summed E-state index contributed by atoms with van der Waals surface area (Å²) in [6.45, 7) is 2.89. The summed E-state index contributed by atoms with van der Waals surface area (Å²) in [5, 5.41) is 2.71. The number of amides is 3. The van der Waals surface area contributed by atoms with E-state index < -0.39 is 0 Å². The van der Waals surface area contributed by atoms with E-state index in [4.69, 9.17) is 0 Å². The van der Waals surface area contributed by atoms with Crippen molar-refractivity contribution in [2.24, 2.45) is 0 Å². The molecule has 0 atom stereocenters. The zero-order valence-corrected chi connectivity index (χ0v) is 13.1.